The van der Waals surface area contributed by atoms with Crippen LogP contribution in [0, 0.1) is 0 Å². The fraction of sp³-hybridized carbons (Fsp3) is 0.850. The lowest BCUT2D eigenvalue weighted by Crippen LogP contribution is -2.49. The van der Waals surface area contributed by atoms with Crippen molar-refractivity contribution in [2.45, 2.75) is 44.6 Å². The maximum atomic E-state index is 12.4. The van der Waals surface area contributed by atoms with Gasteiger partial charge in [-0.2, -0.15) is 0 Å². The summed E-state index contributed by atoms with van der Waals surface area (Å²) in [5.41, 5.74) is 0. The number of rotatable bonds is 21. The molecule has 3 atom stereocenters. The van der Waals surface area contributed by atoms with Crippen molar-refractivity contribution in [3.8, 4) is 0 Å². The molecule has 35 heavy (non-hydrogen) atoms. The zero-order chi connectivity index (χ0) is 26.8. The maximum absolute atomic E-state index is 12.4. The zero-order valence-corrected chi connectivity index (χ0v) is 22.1. The van der Waals surface area contributed by atoms with Crippen LogP contribution in [-0.4, -0.2) is 156 Å². The monoisotopic (exact) mass is 498 g/mol. The highest BCUT2D eigenvalue weighted by Gasteiger charge is 2.20. The Morgan fingerprint density at radius 1 is 0.686 bits per heavy atom. The molecule has 0 heterocycles. The second-order valence-corrected chi connectivity index (χ2v) is 8.58. The van der Waals surface area contributed by atoms with Crippen LogP contribution in [0.25, 0.3) is 0 Å². The van der Waals surface area contributed by atoms with Gasteiger partial charge in [-0.15, -0.1) is 0 Å². The normalized spacial score (nSPS) is 14.2. The third-order valence-corrected chi connectivity index (χ3v) is 5.57. The Labute approximate surface area is 212 Å². The van der Waals surface area contributed by atoms with E-state index in [1.54, 1.807) is 29.6 Å². The molecule has 200 valence electrons. The van der Waals surface area contributed by atoms with Gasteiger partial charge >= 0.3 is 0 Å². The van der Waals surface area contributed by atoms with Crippen molar-refractivity contribution < 1.29 is 29.7 Å². The van der Waals surface area contributed by atoms with E-state index < -0.39 is 18.7 Å². The number of nitrogens with one attached hydrogen (secondary N) is 3. The van der Waals surface area contributed by atoms with Crippen LogP contribution < -0.4 is 16.0 Å². The van der Waals surface area contributed by atoms with E-state index in [0.717, 1.165) is 0 Å². The summed E-state index contributed by atoms with van der Waals surface area (Å²) in [6.45, 7) is 3.78. The lowest BCUT2D eigenvalue weighted by Gasteiger charge is -2.29. The molecule has 3 unspecified atom stereocenters. The number of aliphatic hydroxyl groups excluding tert-OH is 3. The van der Waals surface area contributed by atoms with Crippen molar-refractivity contribution in [3.05, 3.63) is 0 Å². The van der Waals surface area contributed by atoms with E-state index in [2.05, 4.69) is 16.0 Å². The minimum atomic E-state index is -0.845. The first-order valence-corrected chi connectivity index (χ1v) is 12.5. The molecule has 0 saturated carbocycles. The van der Waals surface area contributed by atoms with E-state index in [0.29, 0.717) is 38.6 Å². The fourth-order valence-corrected chi connectivity index (χ4v) is 3.47. The van der Waals surface area contributed by atoms with E-state index in [-0.39, 0.29) is 56.9 Å². The van der Waals surface area contributed by atoms with E-state index in [4.69, 9.17) is 0 Å². The van der Waals surface area contributed by atoms with Crippen LogP contribution in [0.5, 0.6) is 0 Å². The van der Waals surface area contributed by atoms with Crippen molar-refractivity contribution in [1.29, 1.82) is 0 Å². The Bertz CT molecular complexity index is 624. The van der Waals surface area contributed by atoms with E-state index >= 15 is 0 Å². The maximum Gasteiger partial charge on any atom is 0.234 e. The third kappa shape index (κ3) is 15.3. The predicted molar refractivity (Wildman–Crippen MR) is 143 cm³/mol. The fourth-order valence-electron chi connectivity index (χ4n) is 3.47. The molecule has 0 aliphatic rings. The van der Waals surface area contributed by atoms with Gasteiger partial charge in [0.25, 0.3) is 0 Å². The molecule has 0 aliphatic heterocycles. The van der Waals surface area contributed by atoms with Crippen molar-refractivity contribution >= 4 is 41.1 Å². The van der Waals surface area contributed by atoms with Crippen molar-refractivity contribution in [1.82, 2.24) is 30.7 Å². The summed E-state index contributed by atoms with van der Waals surface area (Å²) in [6, 6.07) is 0. The summed E-state index contributed by atoms with van der Waals surface area (Å²) in [6.07, 6.45) is -0.925. The molecule has 0 aromatic heterocycles. The average Bonchev–Trinajstić information content (AvgIpc) is 2.83. The Balaban J connectivity index is 4.66. The zero-order valence-electron chi connectivity index (χ0n) is 22.1. The highest BCUT2D eigenvalue weighted by molar-refractivity contribution is 6.09. The van der Waals surface area contributed by atoms with Crippen LogP contribution in [-0.2, 0) is 14.4 Å². The predicted octanol–water partition coefficient (Wildman–Crippen LogP) is -5.96. The summed E-state index contributed by atoms with van der Waals surface area (Å²) < 4.78 is 0. The van der Waals surface area contributed by atoms with Gasteiger partial charge in [0, 0.05) is 39.3 Å². The summed E-state index contributed by atoms with van der Waals surface area (Å²) in [5.74, 6) is -0.622. The number of aliphatic hydroxyl groups is 3. The Kier molecular flexibility index (Phi) is 18.9. The van der Waals surface area contributed by atoms with E-state index in [1.165, 1.54) is 6.92 Å². The number of hydrogen-bond donors (Lipinski definition) is 6. The van der Waals surface area contributed by atoms with Gasteiger partial charge in [-0.05, 0) is 32.9 Å². The van der Waals surface area contributed by atoms with Gasteiger partial charge in [0.2, 0.25) is 11.8 Å². The average molecular weight is 498 g/mol. The number of hydrogen-bond acceptors (Lipinski definition) is 10. The highest BCUT2D eigenvalue weighted by Crippen LogP contribution is 2.02. The SMILES string of the molecule is BCC(O)N(CCNC(=O)CN(CCNC(=O)CN(CCNC)C(O)CB)C(O)CB)CC(C)=O. The molecule has 6 N–H and O–H groups in total. The lowest BCUT2D eigenvalue weighted by molar-refractivity contribution is -0.125. The summed E-state index contributed by atoms with van der Waals surface area (Å²) in [7, 11) is 7.25. The molecule has 0 rings (SSSR count). The van der Waals surface area contributed by atoms with Gasteiger partial charge in [-0.3, -0.25) is 29.1 Å². The van der Waals surface area contributed by atoms with Crippen LogP contribution in [0.2, 0.25) is 19.0 Å². The number of likely N-dealkylation sites (N-methyl/N-ethyl adjacent to an activating group) is 1. The molecule has 0 saturated heterocycles. The number of ketones is 1. The first kappa shape index (κ1) is 33.5. The second kappa shape index (κ2) is 19.7. The Morgan fingerprint density at radius 3 is 1.34 bits per heavy atom. The smallest absolute Gasteiger partial charge is 0.234 e. The number of carbonyl (C=O) groups is 3. The van der Waals surface area contributed by atoms with Gasteiger partial charge in [-0.1, -0.05) is 0 Å². The first-order valence-electron chi connectivity index (χ1n) is 12.5. The minimum absolute atomic E-state index is 0.0495. The number of carbonyl (C=O) groups excluding carboxylic acids is 3. The van der Waals surface area contributed by atoms with Crippen molar-refractivity contribution in [2.24, 2.45) is 0 Å². The molecule has 0 fully saturated rings. The molecule has 0 radical (unpaired) electrons. The summed E-state index contributed by atoms with van der Waals surface area (Å²) >= 11 is 0. The van der Waals surface area contributed by atoms with Crippen molar-refractivity contribution in [3.63, 3.8) is 0 Å². The standard InChI is InChI=1S/C20H45B3N6O6/c1-15(30)12-27(18(33)9-21)7-4-25-17(32)14-29(20(35)11-23)8-5-26-16(31)13-28(6-3-24-2)19(34)10-22/h18-20,24,33-35H,3-14,21-23H2,1-2H3,(H,25,32)(H,26,31). The van der Waals surface area contributed by atoms with E-state index in [1.807, 2.05) is 15.7 Å². The van der Waals surface area contributed by atoms with Gasteiger partial charge in [0.15, 0.2) is 0 Å². The number of amides is 2. The van der Waals surface area contributed by atoms with Gasteiger partial charge < -0.3 is 31.3 Å². The molecular weight excluding hydrogens is 453 g/mol. The Hall–Kier alpha value is -1.48. The van der Waals surface area contributed by atoms with Crippen LogP contribution >= 0.6 is 0 Å². The topological polar surface area (TPSA) is 158 Å². The molecule has 0 bridgehead atoms. The summed E-state index contributed by atoms with van der Waals surface area (Å²) in [4.78, 5) is 41.0. The molecule has 0 aliphatic carbocycles. The van der Waals surface area contributed by atoms with Gasteiger partial charge in [0.1, 0.15) is 48.0 Å². The molecule has 0 aromatic rings. The molecule has 15 heteroatoms. The van der Waals surface area contributed by atoms with Crippen LogP contribution in [0.15, 0.2) is 0 Å². The summed E-state index contributed by atoms with van der Waals surface area (Å²) in [5, 5.41) is 39.0. The van der Waals surface area contributed by atoms with Crippen LogP contribution in [0.3, 0.4) is 0 Å². The van der Waals surface area contributed by atoms with Gasteiger partial charge in [-0.25, -0.2) is 0 Å². The molecule has 12 nitrogen and oxygen atoms in total. The van der Waals surface area contributed by atoms with Crippen LogP contribution in [0.4, 0.5) is 0 Å². The molecule has 0 spiro atoms. The molecular formula is C20H45B3N6O6. The minimum Gasteiger partial charge on any atom is -0.379 e. The Morgan fingerprint density at radius 2 is 1.03 bits per heavy atom. The van der Waals surface area contributed by atoms with Crippen molar-refractivity contribution in [2.75, 3.05) is 66.0 Å². The number of Topliss-reactive ketones (excluding diaryl/α,β-unsaturated/α-hetero) is 1. The second-order valence-electron chi connectivity index (χ2n) is 8.58. The largest absolute Gasteiger partial charge is 0.379 e. The highest BCUT2D eigenvalue weighted by atomic mass is 16.3. The molecule has 0 aromatic carbocycles. The first-order chi connectivity index (χ1) is 16.6. The molecule has 2 amide bonds. The third-order valence-electron chi connectivity index (χ3n) is 5.57. The lowest BCUT2D eigenvalue weighted by atomic mass is 10.0. The number of nitrogens with zero attached hydrogens (tertiary/aromatic N) is 3. The van der Waals surface area contributed by atoms with E-state index in [9.17, 15) is 29.7 Å². The van der Waals surface area contributed by atoms with Crippen LogP contribution in [0.1, 0.15) is 6.92 Å². The van der Waals surface area contributed by atoms with Gasteiger partial charge in [0.05, 0.1) is 19.6 Å². The quantitative estimate of drug-likeness (QED) is 0.0666.